The van der Waals surface area contributed by atoms with Gasteiger partial charge in [0.25, 0.3) is 5.91 Å². The standard InChI is InChI=1S/C25H34FN2O8P/c1-5-6-14-33-23(31)17(2)16-37(32,36-19-10-8-7-9-11-19)34-15-20-22(30)25(4,26)24(35-20)28-13-12-21(29)27-18(28)3/h7-13,17,20,22,24,30H,3,5-6,14-16H2,1-2,4H3,(H,27,29)/t17-,20+,22+,24+,25+,37?/m0/s1. The van der Waals surface area contributed by atoms with Crippen molar-refractivity contribution in [3.8, 4) is 5.75 Å². The topological polar surface area (TPSA) is 124 Å². The van der Waals surface area contributed by atoms with E-state index in [4.69, 9.17) is 18.5 Å². The van der Waals surface area contributed by atoms with Gasteiger partial charge < -0.3 is 29.3 Å². The summed E-state index contributed by atoms with van der Waals surface area (Å²) in [4.78, 5) is 25.2. The van der Waals surface area contributed by atoms with Gasteiger partial charge in [-0.05, 0) is 25.5 Å². The number of carbonyl (C=O) groups is 2. The van der Waals surface area contributed by atoms with Crippen molar-refractivity contribution < 1.29 is 42.2 Å². The number of esters is 1. The molecule has 1 saturated heterocycles. The van der Waals surface area contributed by atoms with Crippen LogP contribution in [0.2, 0.25) is 0 Å². The van der Waals surface area contributed by atoms with Gasteiger partial charge >= 0.3 is 13.6 Å². The van der Waals surface area contributed by atoms with E-state index in [1.807, 2.05) is 6.92 Å². The van der Waals surface area contributed by atoms with E-state index < -0.39 is 56.1 Å². The van der Waals surface area contributed by atoms with Crippen LogP contribution in [0.5, 0.6) is 5.75 Å². The molecule has 2 aliphatic heterocycles. The molecular formula is C25H34FN2O8P. The maximum absolute atomic E-state index is 15.6. The highest BCUT2D eigenvalue weighted by Gasteiger charge is 2.57. The van der Waals surface area contributed by atoms with Crippen molar-refractivity contribution in [3.05, 3.63) is 55.0 Å². The molecule has 0 aliphatic carbocycles. The van der Waals surface area contributed by atoms with Gasteiger partial charge in [0.1, 0.15) is 23.8 Å². The van der Waals surface area contributed by atoms with Crippen LogP contribution in [0.4, 0.5) is 4.39 Å². The number of amides is 1. The minimum atomic E-state index is -4.00. The first-order valence-corrected chi connectivity index (χ1v) is 13.8. The van der Waals surface area contributed by atoms with Crippen molar-refractivity contribution >= 4 is 19.5 Å². The van der Waals surface area contributed by atoms with E-state index in [1.165, 1.54) is 17.2 Å². The Morgan fingerprint density at radius 1 is 1.38 bits per heavy atom. The van der Waals surface area contributed by atoms with Crippen molar-refractivity contribution in [2.75, 3.05) is 19.4 Å². The summed E-state index contributed by atoms with van der Waals surface area (Å²) in [5.41, 5.74) is -2.30. The lowest BCUT2D eigenvalue weighted by Gasteiger charge is -2.35. The molecule has 1 unspecified atom stereocenters. The van der Waals surface area contributed by atoms with Crippen molar-refractivity contribution in [1.29, 1.82) is 0 Å². The molecule has 0 spiro atoms. The SMILES string of the molecule is C=C1NC(=O)C=CN1[C@@H]1O[C@H](COP(=O)(C[C@H](C)C(=O)OCCCC)Oc2ccccc2)[C@@H](O)[C@@]1(C)F. The molecule has 12 heteroatoms. The molecule has 6 atom stereocenters. The summed E-state index contributed by atoms with van der Waals surface area (Å²) >= 11 is 0. The monoisotopic (exact) mass is 540 g/mol. The number of alkyl halides is 1. The second-order valence-electron chi connectivity index (χ2n) is 9.20. The van der Waals surface area contributed by atoms with Gasteiger partial charge in [0, 0.05) is 12.3 Å². The van der Waals surface area contributed by atoms with Gasteiger partial charge in [-0.15, -0.1) is 0 Å². The van der Waals surface area contributed by atoms with Gasteiger partial charge in [0.05, 0.1) is 25.3 Å². The molecule has 0 bridgehead atoms. The van der Waals surface area contributed by atoms with Crippen LogP contribution in [0.15, 0.2) is 55.0 Å². The maximum atomic E-state index is 15.6. The Morgan fingerprint density at radius 2 is 2.08 bits per heavy atom. The predicted molar refractivity (Wildman–Crippen MR) is 133 cm³/mol. The van der Waals surface area contributed by atoms with Crippen LogP contribution in [-0.4, -0.2) is 65.4 Å². The van der Waals surface area contributed by atoms with Crippen LogP contribution in [0, 0.1) is 5.92 Å². The Balaban J connectivity index is 1.73. The molecule has 2 heterocycles. The summed E-state index contributed by atoms with van der Waals surface area (Å²) in [6.45, 7) is 8.11. The highest BCUT2D eigenvalue weighted by Crippen LogP contribution is 2.51. The van der Waals surface area contributed by atoms with E-state index in [9.17, 15) is 19.3 Å². The third-order valence-corrected chi connectivity index (χ3v) is 8.03. The number of halogens is 1. The number of hydrogen-bond acceptors (Lipinski definition) is 9. The number of hydrogen-bond donors (Lipinski definition) is 2. The number of benzene rings is 1. The van der Waals surface area contributed by atoms with Crippen LogP contribution in [0.25, 0.3) is 0 Å². The maximum Gasteiger partial charge on any atom is 0.380 e. The normalized spacial score (nSPS) is 27.9. The highest BCUT2D eigenvalue weighted by molar-refractivity contribution is 7.54. The fourth-order valence-corrected chi connectivity index (χ4v) is 5.74. The number of aliphatic hydroxyl groups is 1. The van der Waals surface area contributed by atoms with Gasteiger partial charge in [0.15, 0.2) is 11.9 Å². The minimum absolute atomic E-state index is 0.0728. The number of nitrogens with zero attached hydrogens (tertiary/aromatic N) is 1. The van der Waals surface area contributed by atoms with Crippen molar-refractivity contribution in [3.63, 3.8) is 0 Å². The van der Waals surface area contributed by atoms with E-state index in [0.29, 0.717) is 6.42 Å². The van der Waals surface area contributed by atoms with Gasteiger partial charge in [-0.1, -0.05) is 45.0 Å². The van der Waals surface area contributed by atoms with Gasteiger partial charge in [-0.2, -0.15) is 0 Å². The molecule has 1 fully saturated rings. The summed E-state index contributed by atoms with van der Waals surface area (Å²) < 4.78 is 51.6. The Labute approximate surface area is 215 Å². The Bertz CT molecular complexity index is 1050. The summed E-state index contributed by atoms with van der Waals surface area (Å²) in [7, 11) is -4.00. The predicted octanol–water partition coefficient (Wildman–Crippen LogP) is 3.49. The second kappa shape index (κ2) is 12.2. The average Bonchev–Trinajstić information content (AvgIpc) is 3.07. The van der Waals surface area contributed by atoms with E-state index >= 15 is 4.39 Å². The third-order valence-electron chi connectivity index (χ3n) is 6.00. The largest absolute Gasteiger partial charge is 0.465 e. The summed E-state index contributed by atoms with van der Waals surface area (Å²) in [6.07, 6.45) is -0.522. The number of aliphatic hydroxyl groups excluding tert-OH is 1. The zero-order chi connectivity index (χ0) is 27.2. The first-order chi connectivity index (χ1) is 17.5. The third kappa shape index (κ3) is 7.19. The Kier molecular flexibility index (Phi) is 9.52. The van der Waals surface area contributed by atoms with Gasteiger partial charge in [-0.3, -0.25) is 14.1 Å². The number of unbranched alkanes of at least 4 members (excludes halogenated alkanes) is 1. The Morgan fingerprint density at radius 3 is 2.73 bits per heavy atom. The number of rotatable bonds is 12. The van der Waals surface area contributed by atoms with E-state index in [2.05, 4.69) is 11.9 Å². The second-order valence-corrected chi connectivity index (χ2v) is 11.2. The minimum Gasteiger partial charge on any atom is -0.465 e. The summed E-state index contributed by atoms with van der Waals surface area (Å²) in [5, 5.41) is 13.1. The van der Waals surface area contributed by atoms with E-state index in [-0.39, 0.29) is 24.3 Å². The quantitative estimate of drug-likeness (QED) is 0.233. The van der Waals surface area contributed by atoms with Crippen LogP contribution < -0.4 is 9.84 Å². The van der Waals surface area contributed by atoms with E-state index in [1.54, 1.807) is 37.3 Å². The lowest BCUT2D eigenvalue weighted by molar-refractivity contribution is -0.147. The first-order valence-electron chi connectivity index (χ1n) is 12.1. The molecule has 2 N–H and O–H groups in total. The smallest absolute Gasteiger partial charge is 0.380 e. The molecule has 37 heavy (non-hydrogen) atoms. The number of ether oxygens (including phenoxy) is 2. The molecule has 10 nitrogen and oxygen atoms in total. The van der Waals surface area contributed by atoms with Crippen LogP contribution >= 0.6 is 7.60 Å². The van der Waals surface area contributed by atoms with Crippen LogP contribution in [0.3, 0.4) is 0 Å². The molecule has 3 rings (SSSR count). The fraction of sp³-hybridized carbons (Fsp3) is 0.520. The molecular weight excluding hydrogens is 506 g/mol. The lowest BCUT2D eigenvalue weighted by atomic mass is 9.98. The van der Waals surface area contributed by atoms with Crippen molar-refractivity contribution in [2.24, 2.45) is 5.92 Å². The molecule has 1 aromatic rings. The Hall–Kier alpha value is -2.72. The molecule has 0 radical (unpaired) electrons. The van der Waals surface area contributed by atoms with Crippen molar-refractivity contribution in [2.45, 2.75) is 57.7 Å². The summed E-state index contributed by atoms with van der Waals surface area (Å²) in [5.74, 6) is -1.46. The van der Waals surface area contributed by atoms with Gasteiger partial charge in [-0.25, -0.2) is 8.96 Å². The molecule has 0 aromatic heterocycles. The molecule has 2 aliphatic rings. The summed E-state index contributed by atoms with van der Waals surface area (Å²) in [6, 6.07) is 8.28. The zero-order valence-electron chi connectivity index (χ0n) is 21.2. The van der Waals surface area contributed by atoms with E-state index in [0.717, 1.165) is 13.3 Å². The average molecular weight is 541 g/mol. The molecule has 204 valence electrons. The zero-order valence-corrected chi connectivity index (χ0v) is 22.1. The molecule has 1 amide bonds. The number of carbonyl (C=O) groups excluding carboxylic acids is 2. The highest BCUT2D eigenvalue weighted by atomic mass is 31.2. The first kappa shape index (κ1) is 28.8. The van der Waals surface area contributed by atoms with Gasteiger partial charge in [0.2, 0.25) is 0 Å². The molecule has 1 aromatic carbocycles. The van der Waals surface area contributed by atoms with Crippen LogP contribution in [-0.2, 0) is 28.2 Å². The number of nitrogens with one attached hydrogen (secondary N) is 1. The van der Waals surface area contributed by atoms with Crippen LogP contribution in [0.1, 0.15) is 33.6 Å². The fourth-order valence-electron chi connectivity index (χ4n) is 3.87. The lowest BCUT2D eigenvalue weighted by Crippen LogP contribution is -2.51. The van der Waals surface area contributed by atoms with Crippen molar-refractivity contribution in [1.82, 2.24) is 10.2 Å². The number of para-hydroxylation sites is 1. The molecule has 0 saturated carbocycles.